The van der Waals surface area contributed by atoms with E-state index in [0.29, 0.717) is 5.56 Å². The van der Waals surface area contributed by atoms with E-state index in [1.807, 2.05) is 6.07 Å². The molecule has 0 amide bonds. The Morgan fingerprint density at radius 3 is 2.45 bits per heavy atom. The minimum absolute atomic E-state index is 0. The van der Waals surface area contributed by atoms with Gasteiger partial charge >= 0.3 is 23.1 Å². The van der Waals surface area contributed by atoms with E-state index in [9.17, 15) is 4.39 Å². The van der Waals surface area contributed by atoms with Gasteiger partial charge in [0, 0.05) is 11.9 Å². The molecule has 0 aliphatic carbocycles. The first-order valence-corrected chi connectivity index (χ1v) is 2.40. The van der Waals surface area contributed by atoms with Gasteiger partial charge in [-0.2, -0.15) is 12.1 Å². The molecule has 1 rings (SSSR count). The molecule has 0 aliphatic rings. The summed E-state index contributed by atoms with van der Waals surface area (Å²) in [6, 6.07) is 8.05. The molecule has 0 N–H and O–H groups in total. The molecule has 0 spiro atoms. The Morgan fingerprint density at radius 2 is 2.09 bits per heavy atom. The number of rotatable bonds is 0. The average molecular weight is 224 g/mol. The van der Waals surface area contributed by atoms with Crippen molar-refractivity contribution in [3.8, 4) is 6.07 Å². The molecule has 0 saturated carbocycles. The normalized spacial score (nSPS) is 6.91. The van der Waals surface area contributed by atoms with E-state index in [2.05, 4.69) is 6.07 Å². The second kappa shape index (κ2) is 6.59. The third-order valence-corrected chi connectivity index (χ3v) is 0.904. The van der Waals surface area contributed by atoms with Gasteiger partial charge in [0.05, 0.1) is 0 Å². The van der Waals surface area contributed by atoms with Crippen LogP contribution in [0, 0.1) is 23.2 Å². The van der Waals surface area contributed by atoms with Crippen molar-refractivity contribution in [2.45, 2.75) is 0 Å². The predicted molar refractivity (Wildman–Crippen MR) is 35.7 cm³/mol. The van der Waals surface area contributed by atoms with E-state index >= 15 is 0 Å². The van der Waals surface area contributed by atoms with E-state index in [0.717, 1.165) is 0 Å². The molecule has 0 radical (unpaired) electrons. The number of nitriles is 1. The van der Waals surface area contributed by atoms with E-state index in [-0.39, 0.29) is 40.0 Å². The van der Waals surface area contributed by atoms with Gasteiger partial charge in [-0.25, -0.2) is 9.65 Å². The summed E-state index contributed by atoms with van der Waals surface area (Å²) in [6.07, 6.45) is 0. The second-order valence-electron chi connectivity index (χ2n) is 1.54. The molecule has 0 bridgehead atoms. The first kappa shape index (κ1) is 13.5. The van der Waals surface area contributed by atoms with Gasteiger partial charge in [-0.3, -0.25) is 0 Å². The van der Waals surface area contributed by atoms with Gasteiger partial charge in [0.2, 0.25) is 0 Å². The van der Waals surface area contributed by atoms with Crippen LogP contribution in [-0.2, 0) is 0 Å². The standard InChI is InChI=1S/C7H3FN.BrH.Mg/c8-7-3-1-6(5-9)2-4-7;;/h1-3H;1H;/q-1;;+2/p-1. The summed E-state index contributed by atoms with van der Waals surface area (Å²) in [5.41, 5.74) is 0.427. The molecule has 52 valence electrons. The molecule has 0 aliphatic heterocycles. The van der Waals surface area contributed by atoms with E-state index < -0.39 is 5.82 Å². The third-order valence-electron chi connectivity index (χ3n) is 0.904. The third kappa shape index (κ3) is 4.35. The molecule has 1 nitrogen and oxygen atoms in total. The fourth-order valence-corrected chi connectivity index (χ4v) is 0.475. The van der Waals surface area contributed by atoms with Crippen LogP contribution in [0.1, 0.15) is 5.56 Å². The first-order chi connectivity index (χ1) is 4.33. The Morgan fingerprint density at radius 1 is 1.45 bits per heavy atom. The van der Waals surface area contributed by atoms with E-state index in [1.165, 1.54) is 18.2 Å². The number of hydrogen-bond acceptors (Lipinski definition) is 1. The number of hydrogen-bond donors (Lipinski definition) is 0. The van der Waals surface area contributed by atoms with Gasteiger partial charge in [0.25, 0.3) is 0 Å². The first-order valence-electron chi connectivity index (χ1n) is 2.40. The van der Waals surface area contributed by atoms with E-state index in [4.69, 9.17) is 5.26 Å². The van der Waals surface area contributed by atoms with Crippen LogP contribution >= 0.6 is 0 Å². The van der Waals surface area contributed by atoms with Crippen LogP contribution in [0.2, 0.25) is 0 Å². The fraction of sp³-hybridized carbons (Fsp3) is 0. The van der Waals surface area contributed by atoms with Crippen LogP contribution in [0.5, 0.6) is 0 Å². The van der Waals surface area contributed by atoms with Gasteiger partial charge in [-0.05, 0) is 0 Å². The summed E-state index contributed by atoms with van der Waals surface area (Å²) >= 11 is 0. The zero-order valence-corrected chi connectivity index (χ0v) is 8.64. The predicted octanol–water partition coefficient (Wildman–Crippen LogP) is -1.88. The topological polar surface area (TPSA) is 23.8 Å². The molecular weight excluding hydrogens is 221 g/mol. The van der Waals surface area contributed by atoms with Crippen molar-refractivity contribution in [3.05, 3.63) is 35.6 Å². The Labute approximate surface area is 91.1 Å². The minimum Gasteiger partial charge on any atom is -1.00 e. The molecule has 1 aromatic carbocycles. The van der Waals surface area contributed by atoms with Crippen molar-refractivity contribution < 1.29 is 21.4 Å². The summed E-state index contributed by atoms with van der Waals surface area (Å²) < 4.78 is 12.1. The molecular formula is C7H3BrFMgN. The van der Waals surface area contributed by atoms with Gasteiger partial charge in [0.15, 0.2) is 0 Å². The van der Waals surface area contributed by atoms with Crippen LogP contribution in [0.25, 0.3) is 0 Å². The smallest absolute Gasteiger partial charge is 1.00 e. The molecule has 0 heterocycles. The number of nitrogens with zero attached hydrogens (tertiary/aromatic N) is 1. The maximum Gasteiger partial charge on any atom is 2.00 e. The van der Waals surface area contributed by atoms with Crippen molar-refractivity contribution in [3.63, 3.8) is 0 Å². The number of halogens is 2. The fourth-order valence-electron chi connectivity index (χ4n) is 0.475. The van der Waals surface area contributed by atoms with E-state index in [1.54, 1.807) is 0 Å². The summed E-state index contributed by atoms with van der Waals surface area (Å²) in [4.78, 5) is 0. The van der Waals surface area contributed by atoms with Crippen LogP contribution < -0.4 is 17.0 Å². The largest absolute Gasteiger partial charge is 2.00 e. The second-order valence-corrected chi connectivity index (χ2v) is 1.54. The number of benzene rings is 1. The van der Waals surface area contributed by atoms with Crippen molar-refractivity contribution >= 4 is 23.1 Å². The van der Waals surface area contributed by atoms with Crippen LogP contribution in [0.15, 0.2) is 18.2 Å². The van der Waals surface area contributed by atoms with Gasteiger partial charge < -0.3 is 17.0 Å². The van der Waals surface area contributed by atoms with Gasteiger partial charge in [-0.1, -0.05) is 5.56 Å². The van der Waals surface area contributed by atoms with Crippen molar-refractivity contribution in [1.29, 1.82) is 5.26 Å². The quantitative estimate of drug-likeness (QED) is 0.374. The average Bonchev–Trinajstić information content (AvgIpc) is 1.90. The van der Waals surface area contributed by atoms with Crippen LogP contribution in [-0.4, -0.2) is 23.1 Å². The molecule has 0 saturated heterocycles. The van der Waals surface area contributed by atoms with Gasteiger partial charge in [-0.15, -0.1) is 12.1 Å². The maximum atomic E-state index is 12.1. The zero-order valence-electron chi connectivity index (χ0n) is 5.64. The Bertz CT molecular complexity index is 242. The molecule has 11 heavy (non-hydrogen) atoms. The molecule has 1 aromatic rings. The summed E-state index contributed by atoms with van der Waals surface area (Å²) in [7, 11) is 0. The van der Waals surface area contributed by atoms with Crippen LogP contribution in [0.3, 0.4) is 0 Å². The Kier molecular flexibility index (Phi) is 8.07. The van der Waals surface area contributed by atoms with Crippen molar-refractivity contribution in [2.24, 2.45) is 0 Å². The van der Waals surface area contributed by atoms with Crippen molar-refractivity contribution in [2.75, 3.05) is 0 Å². The summed E-state index contributed by atoms with van der Waals surface area (Å²) in [5, 5.41) is 8.24. The monoisotopic (exact) mass is 223 g/mol. The molecule has 4 heteroatoms. The summed E-state index contributed by atoms with van der Waals surface area (Å²) in [6.45, 7) is 0. The maximum absolute atomic E-state index is 12.1. The molecule has 0 atom stereocenters. The van der Waals surface area contributed by atoms with Crippen molar-refractivity contribution in [1.82, 2.24) is 0 Å². The molecule has 0 aromatic heterocycles. The Balaban J connectivity index is 0. The SMILES string of the molecule is N#Cc1c[c-]c(F)cc1.[Br-].[Mg+2]. The molecule has 0 fully saturated rings. The minimum atomic E-state index is -0.436. The van der Waals surface area contributed by atoms with Crippen LogP contribution in [0.4, 0.5) is 4.39 Å². The molecule has 0 unspecified atom stereocenters. The zero-order chi connectivity index (χ0) is 6.69. The summed E-state index contributed by atoms with van der Waals surface area (Å²) in [5.74, 6) is -0.436. The van der Waals surface area contributed by atoms with Gasteiger partial charge in [0.1, 0.15) is 0 Å². The Hall–Kier alpha value is -0.114.